The normalized spacial score (nSPS) is 20.2. The average molecular weight is 674 g/mol. The van der Waals surface area contributed by atoms with Gasteiger partial charge in [0.25, 0.3) is 5.56 Å². The van der Waals surface area contributed by atoms with Gasteiger partial charge in [-0.2, -0.15) is 5.10 Å². The SMILES string of the molecule is Cc1c(-n2cccn2)sc2c1c(=O)n([C@H]1CCNC1=O)c(=O)n2C[C@H](OC1CCC(O)CC1)c1cc(F)ccc1OCc1ccccc1. The van der Waals surface area contributed by atoms with Crippen LogP contribution in [0, 0.1) is 12.7 Å². The van der Waals surface area contributed by atoms with Crippen LogP contribution in [0.2, 0.25) is 0 Å². The van der Waals surface area contributed by atoms with Gasteiger partial charge in [0.2, 0.25) is 5.91 Å². The van der Waals surface area contributed by atoms with Crippen molar-refractivity contribution in [2.75, 3.05) is 6.54 Å². The first-order chi connectivity index (χ1) is 23.3. The first kappa shape index (κ1) is 32.0. The minimum Gasteiger partial charge on any atom is -0.489 e. The summed E-state index contributed by atoms with van der Waals surface area (Å²) in [6.07, 6.45) is 4.39. The third kappa shape index (κ3) is 6.20. The van der Waals surface area contributed by atoms with Gasteiger partial charge >= 0.3 is 5.69 Å². The fraction of sp³-hybridized carbons (Fsp3) is 0.371. The fourth-order valence-electron chi connectivity index (χ4n) is 6.66. The van der Waals surface area contributed by atoms with Crippen LogP contribution in [0.1, 0.15) is 60.9 Å². The van der Waals surface area contributed by atoms with Crippen molar-refractivity contribution < 1.29 is 23.8 Å². The number of carbonyl (C=O) groups excluding carboxylic acids is 1. The molecular formula is C35H36FN5O6S. The minimum atomic E-state index is -0.966. The number of thiophene rings is 1. The minimum absolute atomic E-state index is 0.0906. The van der Waals surface area contributed by atoms with Crippen LogP contribution in [0.3, 0.4) is 0 Å². The first-order valence-corrected chi connectivity index (χ1v) is 17.0. The van der Waals surface area contributed by atoms with E-state index in [4.69, 9.17) is 9.47 Å². The zero-order valence-corrected chi connectivity index (χ0v) is 27.2. The summed E-state index contributed by atoms with van der Waals surface area (Å²) < 4.78 is 32.2. The molecule has 2 fully saturated rings. The Morgan fingerprint density at radius 3 is 2.56 bits per heavy atom. The van der Waals surface area contributed by atoms with Gasteiger partial charge in [0.15, 0.2) is 0 Å². The van der Waals surface area contributed by atoms with Crippen molar-refractivity contribution in [3.8, 4) is 10.8 Å². The molecule has 11 nitrogen and oxygen atoms in total. The molecule has 1 saturated heterocycles. The lowest BCUT2D eigenvalue weighted by Gasteiger charge is -2.31. The van der Waals surface area contributed by atoms with E-state index in [1.54, 1.807) is 36.1 Å². The Kier molecular flexibility index (Phi) is 8.99. The van der Waals surface area contributed by atoms with Crippen LogP contribution in [-0.2, 0) is 22.7 Å². The number of aryl methyl sites for hydroxylation is 1. The highest BCUT2D eigenvalue weighted by molar-refractivity contribution is 7.21. The van der Waals surface area contributed by atoms with E-state index in [1.165, 1.54) is 28.0 Å². The van der Waals surface area contributed by atoms with Crippen LogP contribution in [-0.4, -0.2) is 48.7 Å². The zero-order chi connectivity index (χ0) is 33.4. The van der Waals surface area contributed by atoms with Gasteiger partial charge < -0.3 is 19.9 Å². The van der Waals surface area contributed by atoms with E-state index in [-0.39, 0.29) is 19.3 Å². The van der Waals surface area contributed by atoms with E-state index >= 15 is 4.39 Å². The molecule has 1 aliphatic carbocycles. The van der Waals surface area contributed by atoms with E-state index in [1.807, 2.05) is 30.3 Å². The molecule has 1 saturated carbocycles. The molecule has 48 heavy (non-hydrogen) atoms. The summed E-state index contributed by atoms with van der Waals surface area (Å²) in [5.41, 5.74) is 0.761. The van der Waals surface area contributed by atoms with Crippen LogP contribution in [0.25, 0.3) is 15.2 Å². The topological polar surface area (TPSA) is 130 Å². The summed E-state index contributed by atoms with van der Waals surface area (Å²) in [7, 11) is 0. The highest BCUT2D eigenvalue weighted by Gasteiger charge is 2.34. The molecule has 2 N–H and O–H groups in total. The predicted octanol–water partition coefficient (Wildman–Crippen LogP) is 4.56. The molecule has 3 aromatic heterocycles. The number of rotatable bonds is 10. The quantitative estimate of drug-likeness (QED) is 0.222. The van der Waals surface area contributed by atoms with Crippen LogP contribution >= 0.6 is 11.3 Å². The largest absolute Gasteiger partial charge is 0.489 e. The van der Waals surface area contributed by atoms with Crippen molar-refractivity contribution in [1.29, 1.82) is 0 Å². The third-order valence-electron chi connectivity index (χ3n) is 9.17. The van der Waals surface area contributed by atoms with Gasteiger partial charge in [0.05, 0.1) is 24.1 Å². The van der Waals surface area contributed by atoms with Gasteiger partial charge in [-0.15, -0.1) is 0 Å². The second-order valence-electron chi connectivity index (χ2n) is 12.3. The summed E-state index contributed by atoms with van der Waals surface area (Å²) in [6, 6.07) is 14.6. The summed E-state index contributed by atoms with van der Waals surface area (Å²) in [5.74, 6) is -0.494. The zero-order valence-electron chi connectivity index (χ0n) is 26.4. The molecule has 2 atom stereocenters. The molecule has 0 bridgehead atoms. The number of aromatic nitrogens is 4. The number of fused-ring (bicyclic) bond motifs is 1. The lowest BCUT2D eigenvalue weighted by atomic mass is 9.94. The monoisotopic (exact) mass is 673 g/mol. The molecule has 7 rings (SSSR count). The van der Waals surface area contributed by atoms with Gasteiger partial charge in [0, 0.05) is 30.1 Å². The van der Waals surface area contributed by atoms with Gasteiger partial charge in [-0.1, -0.05) is 41.7 Å². The molecule has 13 heteroatoms. The van der Waals surface area contributed by atoms with E-state index < -0.39 is 41.2 Å². The van der Waals surface area contributed by atoms with Crippen LogP contribution in [0.4, 0.5) is 4.39 Å². The Hall–Kier alpha value is -4.59. The van der Waals surface area contributed by atoms with Crippen LogP contribution < -0.4 is 21.3 Å². The third-order valence-corrected chi connectivity index (χ3v) is 10.5. The van der Waals surface area contributed by atoms with E-state index in [2.05, 4.69) is 10.4 Å². The van der Waals surface area contributed by atoms with E-state index in [0.29, 0.717) is 70.7 Å². The van der Waals surface area contributed by atoms with Crippen molar-refractivity contribution in [1.82, 2.24) is 24.2 Å². The smallest absolute Gasteiger partial charge is 0.332 e. The van der Waals surface area contributed by atoms with Crippen molar-refractivity contribution >= 4 is 27.5 Å². The number of hydrogen-bond acceptors (Lipinski definition) is 8. The van der Waals surface area contributed by atoms with Crippen LogP contribution in [0.15, 0.2) is 76.6 Å². The van der Waals surface area contributed by atoms with Gasteiger partial charge in [-0.25, -0.2) is 18.4 Å². The number of aliphatic hydroxyl groups is 1. The number of amides is 1. The van der Waals surface area contributed by atoms with Crippen molar-refractivity contribution in [2.24, 2.45) is 0 Å². The number of ether oxygens (including phenoxy) is 2. The van der Waals surface area contributed by atoms with Gasteiger partial charge in [0.1, 0.15) is 40.2 Å². The fourth-order valence-corrected chi connectivity index (χ4v) is 7.90. The van der Waals surface area contributed by atoms with Crippen LogP contribution in [0.5, 0.6) is 5.75 Å². The lowest BCUT2D eigenvalue weighted by molar-refractivity contribution is -0.122. The van der Waals surface area contributed by atoms with Crippen molar-refractivity contribution in [3.63, 3.8) is 0 Å². The predicted molar refractivity (Wildman–Crippen MR) is 178 cm³/mol. The number of aliphatic hydroxyl groups excluding tert-OH is 1. The average Bonchev–Trinajstić information content (AvgIpc) is 3.84. The standard InChI is InChI=1S/C35H36FN5O6S/c1-21-30-32(44)41(27-14-16-37-31(27)43)35(45)39(34(30)48-33(21)40-17-5-15-38-40)19-29(47-25-11-9-24(42)10-12-25)26-18-23(36)8-13-28(26)46-20-22-6-3-2-4-7-22/h2-8,13,15,17-18,24-25,27,29,42H,9-12,14,16,19-20H2,1H3,(H,37,43)/t24?,25?,27-,29-/m0/s1. The Morgan fingerprint density at radius 1 is 1.06 bits per heavy atom. The Balaban J connectivity index is 1.38. The van der Waals surface area contributed by atoms with Crippen molar-refractivity contribution in [3.05, 3.63) is 110 Å². The molecule has 0 unspecified atom stereocenters. The summed E-state index contributed by atoms with van der Waals surface area (Å²) in [5, 5.41) is 18.2. The molecule has 2 aliphatic rings. The molecule has 5 aromatic rings. The highest BCUT2D eigenvalue weighted by atomic mass is 32.1. The molecule has 0 spiro atoms. The van der Waals surface area contributed by atoms with Gasteiger partial charge in [-0.3, -0.25) is 14.2 Å². The number of halogens is 1. The number of nitrogens with one attached hydrogen (secondary N) is 1. The second kappa shape index (κ2) is 13.5. The van der Waals surface area contributed by atoms with E-state index in [0.717, 1.165) is 10.1 Å². The summed E-state index contributed by atoms with van der Waals surface area (Å²) >= 11 is 1.24. The molecule has 250 valence electrons. The number of hydrogen-bond donors (Lipinski definition) is 2. The maximum Gasteiger partial charge on any atom is 0.332 e. The molecule has 1 aliphatic heterocycles. The van der Waals surface area contributed by atoms with Gasteiger partial charge in [-0.05, 0) is 68.9 Å². The molecule has 2 aromatic carbocycles. The molecular weight excluding hydrogens is 637 g/mol. The highest BCUT2D eigenvalue weighted by Crippen LogP contribution is 2.37. The number of carbonyl (C=O) groups is 1. The number of nitrogens with zero attached hydrogens (tertiary/aromatic N) is 4. The molecule has 4 heterocycles. The Labute approximate surface area is 279 Å². The summed E-state index contributed by atoms with van der Waals surface area (Å²) in [6.45, 7) is 2.28. The number of benzene rings is 2. The lowest BCUT2D eigenvalue weighted by Crippen LogP contribution is -2.44. The first-order valence-electron chi connectivity index (χ1n) is 16.1. The molecule has 0 radical (unpaired) electrons. The maximum absolute atomic E-state index is 15.0. The Morgan fingerprint density at radius 2 is 1.85 bits per heavy atom. The van der Waals surface area contributed by atoms with Crippen molar-refractivity contribution in [2.45, 2.75) is 76.5 Å². The Bertz CT molecular complexity index is 2050. The van der Waals surface area contributed by atoms with E-state index in [9.17, 15) is 19.5 Å². The summed E-state index contributed by atoms with van der Waals surface area (Å²) in [4.78, 5) is 41.8. The maximum atomic E-state index is 15.0. The second-order valence-corrected chi connectivity index (χ2v) is 13.3. The molecule has 1 amide bonds.